The Hall–Kier alpha value is -3.54. The summed E-state index contributed by atoms with van der Waals surface area (Å²) in [7, 11) is -3.31. The summed E-state index contributed by atoms with van der Waals surface area (Å²) in [6.45, 7) is 3.37. The van der Waals surface area contributed by atoms with E-state index in [-0.39, 0.29) is 23.4 Å². The van der Waals surface area contributed by atoms with Crippen LogP contribution in [-0.2, 0) is 22.7 Å². The van der Waals surface area contributed by atoms with E-state index in [0.717, 1.165) is 50.5 Å². The van der Waals surface area contributed by atoms with Crippen molar-refractivity contribution in [1.29, 1.82) is 5.26 Å². The Morgan fingerprint density at radius 2 is 1.83 bits per heavy atom. The lowest BCUT2D eigenvalue weighted by atomic mass is 10.1. The number of nitrogens with zero attached hydrogens (tertiary/aromatic N) is 7. The van der Waals surface area contributed by atoms with Crippen LogP contribution >= 0.6 is 0 Å². The molecule has 10 nitrogen and oxygen atoms in total. The Kier molecular flexibility index (Phi) is 8.30. The third kappa shape index (κ3) is 6.86. The van der Waals surface area contributed by atoms with Gasteiger partial charge in [-0.2, -0.15) is 18.4 Å². The van der Waals surface area contributed by atoms with Gasteiger partial charge in [-0.1, -0.05) is 12.5 Å². The van der Waals surface area contributed by atoms with Crippen LogP contribution < -0.4 is 5.32 Å². The number of anilines is 1. The number of rotatable bonds is 7. The Morgan fingerprint density at radius 1 is 1.10 bits per heavy atom. The van der Waals surface area contributed by atoms with Gasteiger partial charge in [0, 0.05) is 38.1 Å². The maximum atomic E-state index is 13.9. The van der Waals surface area contributed by atoms with Crippen LogP contribution in [0.15, 0.2) is 36.9 Å². The number of nitriles is 1. The lowest BCUT2D eigenvalue weighted by molar-refractivity contribution is -0.137. The standard InChI is InChI=1S/C27H31F3N8O2S/c1-41(39,40)38-11-7-21(8-12-38)34-26-32-15-22(27(28,29)30)25(35-26)23-17-37(18-33-23)24-6-5-19(13-20(24)14-31)16-36-9-3-2-4-10-36/h5-6,13,15,17-18,21H,2-4,7-12,16H2,1H3,(H,32,34,35). The fraction of sp³-hybridized carbons (Fsp3) is 0.481. The molecular formula is C27H31F3N8O2S. The van der Waals surface area contributed by atoms with Gasteiger partial charge in [0.1, 0.15) is 29.3 Å². The largest absolute Gasteiger partial charge is 0.420 e. The third-order valence-corrected chi connectivity index (χ3v) is 8.79. The van der Waals surface area contributed by atoms with E-state index in [1.54, 1.807) is 6.07 Å². The lowest BCUT2D eigenvalue weighted by Gasteiger charge is -2.30. The van der Waals surface area contributed by atoms with Crippen LogP contribution in [-0.4, -0.2) is 75.6 Å². The summed E-state index contributed by atoms with van der Waals surface area (Å²) in [5, 5.41) is 12.9. The SMILES string of the molecule is CS(=O)(=O)N1CCC(Nc2ncc(C(F)(F)F)c(-c3cn(-c4ccc(CN5CCCCC5)cc4C#N)cn3)n2)CC1. The third-order valence-electron chi connectivity index (χ3n) is 7.49. The average molecular weight is 589 g/mol. The average Bonchev–Trinajstić information content (AvgIpc) is 3.43. The van der Waals surface area contributed by atoms with E-state index in [2.05, 4.69) is 31.2 Å². The molecule has 2 aliphatic rings. The molecule has 2 aromatic heterocycles. The van der Waals surface area contributed by atoms with E-state index >= 15 is 0 Å². The van der Waals surface area contributed by atoms with Gasteiger partial charge in [0.2, 0.25) is 16.0 Å². The Bertz CT molecular complexity index is 1540. The quantitative estimate of drug-likeness (QED) is 0.439. The first-order chi connectivity index (χ1) is 19.5. The zero-order chi connectivity index (χ0) is 29.2. The second-order valence-electron chi connectivity index (χ2n) is 10.5. The molecule has 2 saturated heterocycles. The highest BCUT2D eigenvalue weighted by atomic mass is 32.2. The number of sulfonamides is 1. The second kappa shape index (κ2) is 11.8. The van der Waals surface area contributed by atoms with Gasteiger partial charge in [-0.05, 0) is 56.5 Å². The fourth-order valence-electron chi connectivity index (χ4n) is 5.32. The zero-order valence-electron chi connectivity index (χ0n) is 22.6. The minimum Gasteiger partial charge on any atom is -0.351 e. The number of piperidine rings is 2. The summed E-state index contributed by atoms with van der Waals surface area (Å²) in [5.41, 5.74) is 0.467. The molecular weight excluding hydrogens is 557 g/mol. The number of likely N-dealkylation sites (tertiary alicyclic amines) is 1. The van der Waals surface area contributed by atoms with Crippen LogP contribution in [0.2, 0.25) is 0 Å². The molecule has 41 heavy (non-hydrogen) atoms. The van der Waals surface area contributed by atoms with Gasteiger partial charge < -0.3 is 9.88 Å². The zero-order valence-corrected chi connectivity index (χ0v) is 23.4. The topological polar surface area (TPSA) is 120 Å². The summed E-state index contributed by atoms with van der Waals surface area (Å²) in [5.74, 6) is 0.000125. The normalized spacial score (nSPS) is 17.8. The molecule has 0 unspecified atom stereocenters. The maximum absolute atomic E-state index is 13.9. The van der Waals surface area contributed by atoms with Gasteiger partial charge in [-0.15, -0.1) is 0 Å². The molecule has 5 rings (SSSR count). The van der Waals surface area contributed by atoms with Crippen LogP contribution in [0.1, 0.15) is 48.8 Å². The molecule has 0 atom stereocenters. The molecule has 0 spiro atoms. The van der Waals surface area contributed by atoms with Crippen molar-refractivity contribution in [3.8, 4) is 23.1 Å². The predicted octanol–water partition coefficient (Wildman–Crippen LogP) is 4.04. The van der Waals surface area contributed by atoms with Gasteiger partial charge in [-0.25, -0.2) is 27.7 Å². The molecule has 3 aromatic rings. The number of nitrogens with one attached hydrogen (secondary N) is 1. The van der Waals surface area contributed by atoms with E-state index < -0.39 is 21.8 Å². The molecule has 1 aromatic carbocycles. The first kappa shape index (κ1) is 29.0. The number of halogens is 3. The molecule has 218 valence electrons. The van der Waals surface area contributed by atoms with E-state index in [4.69, 9.17) is 0 Å². The van der Waals surface area contributed by atoms with Gasteiger partial charge in [0.05, 0.1) is 17.5 Å². The molecule has 0 amide bonds. The summed E-state index contributed by atoms with van der Waals surface area (Å²) < 4.78 is 68.2. The van der Waals surface area contributed by atoms with Crippen LogP contribution in [0, 0.1) is 11.3 Å². The van der Waals surface area contributed by atoms with Crippen LogP contribution in [0.4, 0.5) is 19.1 Å². The van der Waals surface area contributed by atoms with E-state index in [1.165, 1.54) is 27.8 Å². The van der Waals surface area contributed by atoms with Crippen molar-refractivity contribution in [2.45, 2.75) is 50.9 Å². The first-order valence-corrected chi connectivity index (χ1v) is 15.3. The highest BCUT2D eigenvalue weighted by molar-refractivity contribution is 7.88. The van der Waals surface area contributed by atoms with Gasteiger partial charge in [0.15, 0.2) is 0 Å². The molecule has 0 aliphatic carbocycles. The van der Waals surface area contributed by atoms with Crippen molar-refractivity contribution < 1.29 is 21.6 Å². The summed E-state index contributed by atoms with van der Waals surface area (Å²) in [6.07, 6.45) is 4.42. The van der Waals surface area contributed by atoms with Gasteiger partial charge in [0.25, 0.3) is 0 Å². The number of alkyl halides is 3. The minimum atomic E-state index is -4.72. The van der Waals surface area contributed by atoms with E-state index in [9.17, 15) is 26.9 Å². The van der Waals surface area contributed by atoms with Crippen LogP contribution in [0.25, 0.3) is 17.1 Å². The van der Waals surface area contributed by atoms with Crippen LogP contribution in [0.5, 0.6) is 0 Å². The first-order valence-electron chi connectivity index (χ1n) is 13.5. The van der Waals surface area contributed by atoms with Crippen molar-refractivity contribution in [2.24, 2.45) is 0 Å². The summed E-state index contributed by atoms with van der Waals surface area (Å²) >= 11 is 0. The predicted molar refractivity (Wildman–Crippen MR) is 146 cm³/mol. The number of aromatic nitrogens is 4. The Balaban J connectivity index is 1.38. The van der Waals surface area contributed by atoms with Crippen molar-refractivity contribution in [3.05, 3.63) is 53.6 Å². The maximum Gasteiger partial charge on any atom is 0.420 e. The smallest absolute Gasteiger partial charge is 0.351 e. The molecule has 0 saturated carbocycles. The summed E-state index contributed by atoms with van der Waals surface area (Å²) in [6, 6.07) is 7.52. The highest BCUT2D eigenvalue weighted by Crippen LogP contribution is 2.36. The Morgan fingerprint density at radius 3 is 2.49 bits per heavy atom. The Labute approximate surface area is 236 Å². The molecule has 4 heterocycles. The molecule has 1 N–H and O–H groups in total. The second-order valence-corrected chi connectivity index (χ2v) is 12.5. The van der Waals surface area contributed by atoms with E-state index in [1.807, 2.05) is 12.1 Å². The number of benzene rings is 1. The minimum absolute atomic E-state index is 0.000125. The molecule has 14 heteroatoms. The van der Waals surface area contributed by atoms with E-state index in [0.29, 0.717) is 37.2 Å². The number of imidazole rings is 1. The van der Waals surface area contributed by atoms with Gasteiger partial charge >= 0.3 is 6.18 Å². The molecule has 0 bridgehead atoms. The number of hydrogen-bond donors (Lipinski definition) is 1. The van der Waals surface area contributed by atoms with Crippen molar-refractivity contribution >= 4 is 16.0 Å². The van der Waals surface area contributed by atoms with Crippen molar-refractivity contribution in [3.63, 3.8) is 0 Å². The molecule has 2 aliphatic heterocycles. The van der Waals surface area contributed by atoms with Gasteiger partial charge in [-0.3, -0.25) is 4.90 Å². The lowest BCUT2D eigenvalue weighted by Crippen LogP contribution is -2.42. The fourth-order valence-corrected chi connectivity index (χ4v) is 6.19. The van der Waals surface area contributed by atoms with Crippen LogP contribution in [0.3, 0.4) is 0 Å². The monoisotopic (exact) mass is 588 g/mol. The molecule has 2 fully saturated rings. The van der Waals surface area contributed by atoms with Crippen molar-refractivity contribution in [2.75, 3.05) is 37.8 Å². The highest BCUT2D eigenvalue weighted by Gasteiger charge is 2.36. The molecule has 0 radical (unpaired) electrons. The summed E-state index contributed by atoms with van der Waals surface area (Å²) in [4.78, 5) is 14.6. The number of hydrogen-bond acceptors (Lipinski definition) is 8. The van der Waals surface area contributed by atoms with Crippen molar-refractivity contribution in [1.82, 2.24) is 28.7 Å².